The third kappa shape index (κ3) is 4.85. The van der Waals surface area contributed by atoms with Gasteiger partial charge >= 0.3 is 0 Å². The first kappa shape index (κ1) is 18.9. The lowest BCUT2D eigenvalue weighted by Crippen LogP contribution is -2.25. The number of carbonyl (C=O) groups excluding carboxylic acids is 1. The number of aromatic nitrogens is 1. The first-order valence-electron chi connectivity index (χ1n) is 9.60. The Kier molecular flexibility index (Phi) is 6.07. The van der Waals surface area contributed by atoms with E-state index in [9.17, 15) is 4.79 Å². The number of anilines is 2. The standard InChI is InChI=1S/C23H27N3O/c1-4-17-9-11-18(12-10-17)25-22-15-20(23(27)24-14-13-16(2)3)19-7-5-6-8-21(19)26-22/h5-12,15-16H,4,13-14H2,1-3H3,(H,24,27)(H,25,26). The summed E-state index contributed by atoms with van der Waals surface area (Å²) < 4.78 is 0. The van der Waals surface area contributed by atoms with Gasteiger partial charge in [0, 0.05) is 17.6 Å². The quantitative estimate of drug-likeness (QED) is 0.599. The van der Waals surface area contributed by atoms with Crippen molar-refractivity contribution >= 4 is 28.3 Å². The minimum Gasteiger partial charge on any atom is -0.352 e. The lowest BCUT2D eigenvalue weighted by Gasteiger charge is -2.12. The second-order valence-electron chi connectivity index (χ2n) is 7.19. The molecule has 0 fully saturated rings. The van der Waals surface area contributed by atoms with Crippen molar-refractivity contribution in [1.82, 2.24) is 10.3 Å². The molecule has 0 saturated heterocycles. The molecule has 4 nitrogen and oxygen atoms in total. The molecule has 140 valence electrons. The zero-order chi connectivity index (χ0) is 19.2. The fraction of sp³-hybridized carbons (Fsp3) is 0.304. The molecule has 0 aliphatic carbocycles. The number of pyridine rings is 1. The number of nitrogens with one attached hydrogen (secondary N) is 2. The first-order chi connectivity index (χ1) is 13.1. The van der Waals surface area contributed by atoms with Crippen LogP contribution < -0.4 is 10.6 Å². The summed E-state index contributed by atoms with van der Waals surface area (Å²) in [6.45, 7) is 7.12. The molecule has 1 heterocycles. The summed E-state index contributed by atoms with van der Waals surface area (Å²) in [5.74, 6) is 1.17. The average molecular weight is 361 g/mol. The van der Waals surface area contributed by atoms with Crippen molar-refractivity contribution in [3.05, 3.63) is 65.7 Å². The van der Waals surface area contributed by atoms with Crippen molar-refractivity contribution in [3.8, 4) is 0 Å². The van der Waals surface area contributed by atoms with Crippen LogP contribution in [-0.4, -0.2) is 17.4 Å². The van der Waals surface area contributed by atoms with Crippen LogP contribution in [0.3, 0.4) is 0 Å². The molecule has 2 N–H and O–H groups in total. The Labute approximate surface area is 161 Å². The largest absolute Gasteiger partial charge is 0.352 e. The van der Waals surface area contributed by atoms with Crippen molar-refractivity contribution in [1.29, 1.82) is 0 Å². The maximum absolute atomic E-state index is 12.8. The van der Waals surface area contributed by atoms with Gasteiger partial charge < -0.3 is 10.6 Å². The minimum absolute atomic E-state index is 0.0568. The molecule has 0 atom stereocenters. The summed E-state index contributed by atoms with van der Waals surface area (Å²) in [7, 11) is 0. The third-order valence-electron chi connectivity index (χ3n) is 4.60. The van der Waals surface area contributed by atoms with Gasteiger partial charge in [-0.05, 0) is 48.6 Å². The number of aryl methyl sites for hydroxylation is 1. The van der Waals surface area contributed by atoms with Gasteiger partial charge in [-0.1, -0.05) is 51.1 Å². The second-order valence-corrected chi connectivity index (χ2v) is 7.19. The van der Waals surface area contributed by atoms with Crippen LogP contribution in [0.1, 0.15) is 43.1 Å². The molecule has 0 spiro atoms. The number of rotatable bonds is 7. The highest BCUT2D eigenvalue weighted by Crippen LogP contribution is 2.23. The number of carbonyl (C=O) groups is 1. The van der Waals surface area contributed by atoms with E-state index in [-0.39, 0.29) is 5.91 Å². The Morgan fingerprint density at radius 1 is 1.07 bits per heavy atom. The zero-order valence-electron chi connectivity index (χ0n) is 16.3. The second kappa shape index (κ2) is 8.67. The highest BCUT2D eigenvalue weighted by Gasteiger charge is 2.13. The van der Waals surface area contributed by atoms with Crippen LogP contribution in [0.25, 0.3) is 10.9 Å². The Morgan fingerprint density at radius 2 is 1.81 bits per heavy atom. The summed E-state index contributed by atoms with van der Waals surface area (Å²) >= 11 is 0. The Bertz CT molecular complexity index is 917. The van der Waals surface area contributed by atoms with Crippen LogP contribution in [0.5, 0.6) is 0 Å². The highest BCUT2D eigenvalue weighted by atomic mass is 16.1. The van der Waals surface area contributed by atoms with Crippen LogP contribution >= 0.6 is 0 Å². The number of fused-ring (bicyclic) bond motifs is 1. The SMILES string of the molecule is CCc1ccc(Nc2cc(C(=O)NCCC(C)C)c3ccccc3n2)cc1. The zero-order valence-corrected chi connectivity index (χ0v) is 16.3. The number of hydrogen-bond donors (Lipinski definition) is 2. The van der Waals surface area contributed by atoms with Crippen molar-refractivity contribution in [2.45, 2.75) is 33.6 Å². The number of nitrogens with zero attached hydrogens (tertiary/aromatic N) is 1. The molecule has 2 aromatic carbocycles. The Morgan fingerprint density at radius 3 is 2.52 bits per heavy atom. The van der Waals surface area contributed by atoms with Gasteiger partial charge in [-0.15, -0.1) is 0 Å². The van der Waals surface area contributed by atoms with Gasteiger partial charge in [0.05, 0.1) is 11.1 Å². The molecule has 0 bridgehead atoms. The van der Waals surface area contributed by atoms with E-state index in [0.29, 0.717) is 23.8 Å². The van der Waals surface area contributed by atoms with Crippen molar-refractivity contribution in [2.24, 2.45) is 5.92 Å². The Balaban J connectivity index is 1.88. The van der Waals surface area contributed by atoms with E-state index in [4.69, 9.17) is 0 Å². The maximum Gasteiger partial charge on any atom is 0.252 e. The summed E-state index contributed by atoms with van der Waals surface area (Å²) in [6.07, 6.45) is 1.97. The van der Waals surface area contributed by atoms with E-state index in [1.165, 1.54) is 5.56 Å². The summed E-state index contributed by atoms with van der Waals surface area (Å²) in [4.78, 5) is 17.4. The van der Waals surface area contributed by atoms with E-state index in [2.05, 4.69) is 48.5 Å². The minimum atomic E-state index is -0.0568. The molecule has 0 unspecified atom stereocenters. The normalized spacial score (nSPS) is 11.0. The molecular weight excluding hydrogens is 334 g/mol. The number of para-hydroxylation sites is 1. The molecule has 0 radical (unpaired) electrons. The van der Waals surface area contributed by atoms with Crippen LogP contribution in [0.15, 0.2) is 54.6 Å². The molecule has 4 heteroatoms. The number of hydrogen-bond acceptors (Lipinski definition) is 3. The van der Waals surface area contributed by atoms with Gasteiger partial charge in [-0.2, -0.15) is 0 Å². The monoisotopic (exact) mass is 361 g/mol. The highest BCUT2D eigenvalue weighted by molar-refractivity contribution is 6.07. The fourth-order valence-electron chi connectivity index (χ4n) is 2.97. The molecule has 1 aromatic heterocycles. The van der Waals surface area contributed by atoms with Crippen LogP contribution in [0.2, 0.25) is 0 Å². The fourth-order valence-corrected chi connectivity index (χ4v) is 2.97. The molecule has 0 aliphatic rings. The van der Waals surface area contributed by atoms with Gasteiger partial charge in [-0.25, -0.2) is 4.98 Å². The van der Waals surface area contributed by atoms with Gasteiger partial charge in [0.25, 0.3) is 5.91 Å². The van der Waals surface area contributed by atoms with Gasteiger partial charge in [0.1, 0.15) is 5.82 Å². The molecule has 27 heavy (non-hydrogen) atoms. The van der Waals surface area contributed by atoms with Crippen LogP contribution in [0, 0.1) is 5.92 Å². The van der Waals surface area contributed by atoms with E-state index in [1.807, 2.05) is 42.5 Å². The lowest BCUT2D eigenvalue weighted by atomic mass is 10.1. The van der Waals surface area contributed by atoms with Crippen molar-refractivity contribution in [2.75, 3.05) is 11.9 Å². The van der Waals surface area contributed by atoms with E-state index in [0.717, 1.165) is 29.4 Å². The molecule has 3 rings (SSSR count). The van der Waals surface area contributed by atoms with E-state index in [1.54, 1.807) is 0 Å². The molecule has 0 aliphatic heterocycles. The third-order valence-corrected chi connectivity index (χ3v) is 4.60. The van der Waals surface area contributed by atoms with E-state index < -0.39 is 0 Å². The predicted molar refractivity (Wildman–Crippen MR) is 113 cm³/mol. The first-order valence-corrected chi connectivity index (χ1v) is 9.60. The Hall–Kier alpha value is -2.88. The van der Waals surface area contributed by atoms with Gasteiger partial charge in [-0.3, -0.25) is 4.79 Å². The number of amides is 1. The molecule has 3 aromatic rings. The van der Waals surface area contributed by atoms with E-state index >= 15 is 0 Å². The van der Waals surface area contributed by atoms with Crippen LogP contribution in [0.4, 0.5) is 11.5 Å². The molecule has 0 saturated carbocycles. The van der Waals surface area contributed by atoms with Gasteiger partial charge in [0.15, 0.2) is 0 Å². The number of benzene rings is 2. The maximum atomic E-state index is 12.8. The van der Waals surface area contributed by atoms with Gasteiger partial charge in [0.2, 0.25) is 0 Å². The molecular formula is C23H27N3O. The molecule has 1 amide bonds. The summed E-state index contributed by atoms with van der Waals surface area (Å²) in [5.41, 5.74) is 3.71. The lowest BCUT2D eigenvalue weighted by molar-refractivity contribution is 0.0953. The van der Waals surface area contributed by atoms with Crippen LogP contribution in [-0.2, 0) is 6.42 Å². The smallest absolute Gasteiger partial charge is 0.252 e. The van der Waals surface area contributed by atoms with Crippen molar-refractivity contribution < 1.29 is 4.79 Å². The van der Waals surface area contributed by atoms with Crippen molar-refractivity contribution in [3.63, 3.8) is 0 Å². The summed E-state index contributed by atoms with van der Waals surface area (Å²) in [5, 5.41) is 7.23. The summed E-state index contributed by atoms with van der Waals surface area (Å²) in [6, 6.07) is 17.9. The predicted octanol–water partition coefficient (Wildman–Crippen LogP) is 5.32. The average Bonchev–Trinajstić information content (AvgIpc) is 2.67. The topological polar surface area (TPSA) is 54.0 Å².